The predicted octanol–water partition coefficient (Wildman–Crippen LogP) is 1.95. The number of para-hydroxylation sites is 1. The van der Waals surface area contributed by atoms with Gasteiger partial charge in [0.15, 0.2) is 0 Å². The number of ether oxygens (including phenoxy) is 2. The molecule has 1 N–H and O–H groups in total. The van der Waals surface area contributed by atoms with Gasteiger partial charge in [0.05, 0.1) is 18.2 Å². The molecule has 1 saturated carbocycles. The molecule has 1 amide bonds. The summed E-state index contributed by atoms with van der Waals surface area (Å²) >= 11 is 0. The van der Waals surface area contributed by atoms with E-state index in [1.54, 1.807) is 7.11 Å². The molecule has 0 aromatic heterocycles. The van der Waals surface area contributed by atoms with Crippen LogP contribution in [0, 0.1) is 0 Å². The summed E-state index contributed by atoms with van der Waals surface area (Å²) in [6, 6.07) is 7.86. The lowest BCUT2D eigenvalue weighted by molar-refractivity contribution is -0.125. The lowest BCUT2D eigenvalue weighted by Gasteiger charge is -2.27. The predicted molar refractivity (Wildman–Crippen MR) is 88.4 cm³/mol. The summed E-state index contributed by atoms with van der Waals surface area (Å²) in [7, 11) is 3.67. The van der Waals surface area contributed by atoms with Crippen molar-refractivity contribution >= 4 is 5.91 Å². The SMILES string of the molecule is CO[C@H]1C[C@@H](C(=O)NCc2ccccc2OC2CCC2)N(C)C1. The molecular weight excluding hydrogens is 292 g/mol. The van der Waals surface area contributed by atoms with Crippen LogP contribution in [0.5, 0.6) is 5.75 Å². The van der Waals surface area contributed by atoms with Crippen LogP contribution in [-0.2, 0) is 16.1 Å². The number of carbonyl (C=O) groups excluding carboxylic acids is 1. The number of methoxy groups -OCH3 is 1. The first kappa shape index (κ1) is 16.3. The summed E-state index contributed by atoms with van der Waals surface area (Å²) in [4.78, 5) is 14.5. The summed E-state index contributed by atoms with van der Waals surface area (Å²) in [5.74, 6) is 0.956. The van der Waals surface area contributed by atoms with Crippen LogP contribution >= 0.6 is 0 Å². The molecule has 1 heterocycles. The fourth-order valence-corrected chi connectivity index (χ4v) is 3.16. The van der Waals surface area contributed by atoms with E-state index in [9.17, 15) is 4.79 Å². The van der Waals surface area contributed by atoms with Crippen LogP contribution < -0.4 is 10.1 Å². The highest BCUT2D eigenvalue weighted by molar-refractivity contribution is 5.82. The minimum atomic E-state index is -0.111. The lowest BCUT2D eigenvalue weighted by Crippen LogP contribution is -2.41. The van der Waals surface area contributed by atoms with E-state index in [2.05, 4.69) is 10.2 Å². The van der Waals surface area contributed by atoms with Gasteiger partial charge in [-0.05, 0) is 38.8 Å². The van der Waals surface area contributed by atoms with E-state index in [0.717, 1.165) is 37.1 Å². The Morgan fingerprint density at radius 2 is 2.09 bits per heavy atom. The van der Waals surface area contributed by atoms with Gasteiger partial charge >= 0.3 is 0 Å². The van der Waals surface area contributed by atoms with Crippen molar-refractivity contribution in [2.45, 2.75) is 50.5 Å². The Balaban J connectivity index is 1.56. The number of carbonyl (C=O) groups is 1. The minimum Gasteiger partial charge on any atom is -0.490 e. The fraction of sp³-hybridized carbons (Fsp3) is 0.611. The third kappa shape index (κ3) is 3.85. The first-order chi connectivity index (χ1) is 11.2. The van der Waals surface area contributed by atoms with Gasteiger partial charge < -0.3 is 14.8 Å². The Bertz CT molecular complexity index is 545. The number of benzene rings is 1. The molecule has 2 aliphatic rings. The number of hydrogen-bond donors (Lipinski definition) is 1. The number of likely N-dealkylation sites (N-methyl/N-ethyl adjacent to an activating group) is 1. The third-order valence-corrected chi connectivity index (χ3v) is 4.92. The van der Waals surface area contributed by atoms with E-state index < -0.39 is 0 Å². The monoisotopic (exact) mass is 318 g/mol. The molecule has 126 valence electrons. The Hall–Kier alpha value is -1.59. The van der Waals surface area contributed by atoms with Gasteiger partial charge in [-0.25, -0.2) is 0 Å². The second kappa shape index (κ2) is 7.32. The smallest absolute Gasteiger partial charge is 0.237 e. The Morgan fingerprint density at radius 1 is 1.30 bits per heavy atom. The summed E-state index contributed by atoms with van der Waals surface area (Å²) in [5.41, 5.74) is 1.04. The average Bonchev–Trinajstić information content (AvgIpc) is 2.90. The van der Waals surface area contributed by atoms with E-state index in [0.29, 0.717) is 12.6 Å². The summed E-state index contributed by atoms with van der Waals surface area (Å²) in [5, 5.41) is 3.05. The van der Waals surface area contributed by atoms with E-state index in [-0.39, 0.29) is 18.1 Å². The van der Waals surface area contributed by atoms with Gasteiger partial charge in [0.25, 0.3) is 0 Å². The number of nitrogens with zero attached hydrogens (tertiary/aromatic N) is 1. The molecular formula is C18H26N2O3. The molecule has 0 radical (unpaired) electrons. The quantitative estimate of drug-likeness (QED) is 0.871. The molecule has 1 aliphatic carbocycles. The van der Waals surface area contributed by atoms with Gasteiger partial charge in [-0.15, -0.1) is 0 Å². The average molecular weight is 318 g/mol. The van der Waals surface area contributed by atoms with Crippen LogP contribution in [0.2, 0.25) is 0 Å². The van der Waals surface area contributed by atoms with E-state index in [1.165, 1.54) is 6.42 Å². The molecule has 3 rings (SSSR count). The van der Waals surface area contributed by atoms with Crippen molar-refractivity contribution in [3.63, 3.8) is 0 Å². The van der Waals surface area contributed by atoms with Gasteiger partial charge in [-0.1, -0.05) is 18.2 Å². The maximum atomic E-state index is 12.4. The second-order valence-electron chi connectivity index (χ2n) is 6.55. The molecule has 1 aliphatic heterocycles. The Labute approximate surface area is 137 Å². The van der Waals surface area contributed by atoms with Crippen molar-refractivity contribution in [3.8, 4) is 5.75 Å². The molecule has 1 aromatic carbocycles. The molecule has 0 spiro atoms. The van der Waals surface area contributed by atoms with E-state index in [4.69, 9.17) is 9.47 Å². The first-order valence-electron chi connectivity index (χ1n) is 8.42. The van der Waals surface area contributed by atoms with Crippen molar-refractivity contribution in [1.82, 2.24) is 10.2 Å². The highest BCUT2D eigenvalue weighted by Gasteiger charge is 2.34. The second-order valence-corrected chi connectivity index (χ2v) is 6.55. The minimum absolute atomic E-state index is 0.0606. The molecule has 2 atom stereocenters. The molecule has 0 unspecified atom stereocenters. The van der Waals surface area contributed by atoms with Crippen molar-refractivity contribution in [2.75, 3.05) is 20.7 Å². The molecule has 5 nitrogen and oxygen atoms in total. The highest BCUT2D eigenvalue weighted by atomic mass is 16.5. The summed E-state index contributed by atoms with van der Waals surface area (Å²) in [6.07, 6.45) is 4.75. The topological polar surface area (TPSA) is 50.8 Å². The number of rotatable bonds is 6. The van der Waals surface area contributed by atoms with Gasteiger partial charge in [0, 0.05) is 25.8 Å². The van der Waals surface area contributed by atoms with Crippen LogP contribution in [0.15, 0.2) is 24.3 Å². The molecule has 23 heavy (non-hydrogen) atoms. The van der Waals surface area contributed by atoms with Crippen LogP contribution in [0.4, 0.5) is 0 Å². The molecule has 2 fully saturated rings. The molecule has 1 saturated heterocycles. The highest BCUT2D eigenvalue weighted by Crippen LogP contribution is 2.27. The number of nitrogens with one attached hydrogen (secondary N) is 1. The zero-order valence-corrected chi connectivity index (χ0v) is 14.0. The number of amides is 1. The largest absolute Gasteiger partial charge is 0.490 e. The van der Waals surface area contributed by atoms with Gasteiger partial charge in [0.2, 0.25) is 5.91 Å². The Morgan fingerprint density at radius 3 is 2.74 bits per heavy atom. The normalized spacial score (nSPS) is 25.1. The maximum Gasteiger partial charge on any atom is 0.237 e. The Kier molecular flexibility index (Phi) is 5.18. The summed E-state index contributed by atoms with van der Waals surface area (Å²) in [6.45, 7) is 1.31. The van der Waals surface area contributed by atoms with Crippen LogP contribution in [0.3, 0.4) is 0 Å². The van der Waals surface area contributed by atoms with Crippen molar-refractivity contribution in [1.29, 1.82) is 0 Å². The standard InChI is InChI=1S/C18H26N2O3/c1-20-12-15(22-2)10-16(20)18(21)19-11-13-6-3-4-9-17(13)23-14-7-5-8-14/h3-4,6,9,14-16H,5,7-8,10-12H2,1-2H3,(H,19,21)/t15-,16-/m0/s1. The van der Waals surface area contributed by atoms with Crippen molar-refractivity contribution in [2.24, 2.45) is 0 Å². The molecule has 0 bridgehead atoms. The van der Waals surface area contributed by atoms with Crippen LogP contribution in [-0.4, -0.2) is 49.8 Å². The molecule has 5 heteroatoms. The van der Waals surface area contributed by atoms with Gasteiger partial charge in [0.1, 0.15) is 5.75 Å². The first-order valence-corrected chi connectivity index (χ1v) is 8.42. The zero-order valence-electron chi connectivity index (χ0n) is 14.0. The lowest BCUT2D eigenvalue weighted by atomic mass is 9.96. The van der Waals surface area contributed by atoms with Gasteiger partial charge in [-0.2, -0.15) is 0 Å². The van der Waals surface area contributed by atoms with Crippen LogP contribution in [0.25, 0.3) is 0 Å². The fourth-order valence-electron chi connectivity index (χ4n) is 3.16. The molecule has 1 aromatic rings. The third-order valence-electron chi connectivity index (χ3n) is 4.92. The van der Waals surface area contributed by atoms with Gasteiger partial charge in [-0.3, -0.25) is 9.69 Å². The number of hydrogen-bond acceptors (Lipinski definition) is 4. The maximum absolute atomic E-state index is 12.4. The van der Waals surface area contributed by atoms with Crippen molar-refractivity contribution < 1.29 is 14.3 Å². The van der Waals surface area contributed by atoms with Crippen molar-refractivity contribution in [3.05, 3.63) is 29.8 Å². The van der Waals surface area contributed by atoms with Crippen LogP contribution in [0.1, 0.15) is 31.2 Å². The summed E-state index contributed by atoms with van der Waals surface area (Å²) < 4.78 is 11.4. The van der Waals surface area contributed by atoms with E-state index in [1.807, 2.05) is 31.3 Å². The van der Waals surface area contributed by atoms with E-state index >= 15 is 0 Å². The number of likely N-dealkylation sites (tertiary alicyclic amines) is 1. The zero-order chi connectivity index (χ0) is 16.2.